The van der Waals surface area contributed by atoms with Crippen LogP contribution in [0.4, 0.5) is 11.5 Å². The van der Waals surface area contributed by atoms with Gasteiger partial charge in [-0.2, -0.15) is 0 Å². The lowest BCUT2D eigenvalue weighted by Gasteiger charge is -1.89. The summed E-state index contributed by atoms with van der Waals surface area (Å²) in [6.07, 6.45) is 2.59. The Balaban J connectivity index is 2.75. The zero-order chi connectivity index (χ0) is 11.0. The van der Waals surface area contributed by atoms with E-state index in [-0.39, 0.29) is 11.3 Å². The van der Waals surface area contributed by atoms with E-state index >= 15 is 0 Å². The minimum absolute atomic E-state index is 0.0331. The van der Waals surface area contributed by atoms with Crippen LogP contribution in [0.25, 0.3) is 5.65 Å². The first kappa shape index (κ1) is 9.06. The van der Waals surface area contributed by atoms with E-state index in [0.717, 1.165) is 6.20 Å². The number of fused-ring (bicyclic) bond motifs is 1. The zero-order valence-electron chi connectivity index (χ0n) is 7.23. The minimum atomic E-state index is -0.698. The van der Waals surface area contributed by atoms with Crippen LogP contribution in [-0.2, 0) is 0 Å². The summed E-state index contributed by atoms with van der Waals surface area (Å²) in [5, 5.41) is 21.0. The number of imidazole rings is 1. The second kappa shape index (κ2) is 3.01. The highest BCUT2D eigenvalue weighted by Gasteiger charge is 2.22. The molecule has 0 aliphatic carbocycles. The highest BCUT2D eigenvalue weighted by atomic mass is 16.6. The van der Waals surface area contributed by atoms with Crippen molar-refractivity contribution in [3.05, 3.63) is 44.8 Å². The fraction of sp³-hybridized carbons (Fsp3) is 0. The van der Waals surface area contributed by atoms with Gasteiger partial charge in [-0.05, 0) is 16.0 Å². The highest BCUT2D eigenvalue weighted by Crippen LogP contribution is 2.21. The summed E-state index contributed by atoms with van der Waals surface area (Å²) in [5.74, 6) is -0.413. The molecule has 0 bridgehead atoms. The summed E-state index contributed by atoms with van der Waals surface area (Å²) in [7, 11) is 0. The Hall–Kier alpha value is -2.51. The number of nitro groups is 2. The van der Waals surface area contributed by atoms with E-state index in [0.29, 0.717) is 0 Å². The third kappa shape index (κ3) is 1.37. The van der Waals surface area contributed by atoms with Gasteiger partial charge in [0, 0.05) is 12.3 Å². The summed E-state index contributed by atoms with van der Waals surface area (Å²) >= 11 is 0. The number of nitrogens with zero attached hydrogens (tertiary/aromatic N) is 4. The molecule has 8 heteroatoms. The number of rotatable bonds is 2. The summed E-state index contributed by atoms with van der Waals surface area (Å²) < 4.78 is 1.25. The van der Waals surface area contributed by atoms with Crippen molar-refractivity contribution in [2.75, 3.05) is 0 Å². The fourth-order valence-corrected chi connectivity index (χ4v) is 1.22. The van der Waals surface area contributed by atoms with Gasteiger partial charge in [0.25, 0.3) is 0 Å². The molecular formula is C7H4N4O4. The second-order valence-electron chi connectivity index (χ2n) is 2.74. The van der Waals surface area contributed by atoms with Crippen LogP contribution in [0, 0.1) is 20.2 Å². The predicted octanol–water partition coefficient (Wildman–Crippen LogP) is 1.15. The molecule has 0 N–H and O–H groups in total. The van der Waals surface area contributed by atoms with E-state index in [1.165, 1.54) is 22.7 Å². The van der Waals surface area contributed by atoms with Crippen LogP contribution in [0.3, 0.4) is 0 Å². The first-order valence-electron chi connectivity index (χ1n) is 3.86. The van der Waals surface area contributed by atoms with E-state index in [9.17, 15) is 20.2 Å². The monoisotopic (exact) mass is 208 g/mol. The van der Waals surface area contributed by atoms with Gasteiger partial charge in [0.15, 0.2) is 0 Å². The fourth-order valence-electron chi connectivity index (χ4n) is 1.22. The first-order chi connectivity index (χ1) is 7.09. The normalized spacial score (nSPS) is 10.4. The van der Waals surface area contributed by atoms with Gasteiger partial charge in [-0.25, -0.2) is 0 Å². The largest absolute Gasteiger partial charge is 0.382 e. The molecule has 0 aromatic carbocycles. The maximum Gasteiger partial charge on any atom is 0.382 e. The lowest BCUT2D eigenvalue weighted by Crippen LogP contribution is -1.92. The molecule has 2 aromatic rings. The highest BCUT2D eigenvalue weighted by molar-refractivity contribution is 5.61. The van der Waals surface area contributed by atoms with Gasteiger partial charge in [-0.15, -0.1) is 0 Å². The molecule has 0 atom stereocenters. The topological polar surface area (TPSA) is 104 Å². The van der Waals surface area contributed by atoms with Crippen molar-refractivity contribution in [2.24, 2.45) is 0 Å². The van der Waals surface area contributed by atoms with E-state index in [2.05, 4.69) is 4.98 Å². The third-order valence-corrected chi connectivity index (χ3v) is 1.83. The van der Waals surface area contributed by atoms with E-state index < -0.39 is 15.7 Å². The third-order valence-electron chi connectivity index (χ3n) is 1.83. The molecule has 0 unspecified atom stereocenters. The van der Waals surface area contributed by atoms with E-state index in [1.807, 2.05) is 0 Å². The van der Waals surface area contributed by atoms with Crippen molar-refractivity contribution < 1.29 is 9.85 Å². The van der Waals surface area contributed by atoms with Gasteiger partial charge in [0.1, 0.15) is 6.20 Å². The molecule has 0 amide bonds. The van der Waals surface area contributed by atoms with Crippen LogP contribution in [0.5, 0.6) is 0 Å². The Kier molecular flexibility index (Phi) is 1.82. The Labute approximate surface area is 82.1 Å². The first-order valence-corrected chi connectivity index (χ1v) is 3.86. The lowest BCUT2D eigenvalue weighted by atomic mass is 10.4. The molecule has 2 heterocycles. The average molecular weight is 208 g/mol. The Bertz CT molecular complexity index is 561. The number of hydrogen-bond donors (Lipinski definition) is 0. The Morgan fingerprint density at radius 1 is 1.27 bits per heavy atom. The maximum atomic E-state index is 10.6. The SMILES string of the molecule is O=[N+]([O-])c1cn2cccc([N+](=O)[O-])c2n1. The van der Waals surface area contributed by atoms with E-state index in [4.69, 9.17) is 0 Å². The number of hydrogen-bond acceptors (Lipinski definition) is 5. The smallest absolute Gasteiger partial charge is 0.358 e. The number of aromatic nitrogens is 2. The minimum Gasteiger partial charge on any atom is -0.358 e. The Morgan fingerprint density at radius 3 is 2.60 bits per heavy atom. The molecule has 0 spiro atoms. The second-order valence-corrected chi connectivity index (χ2v) is 2.74. The molecule has 8 nitrogen and oxygen atoms in total. The van der Waals surface area contributed by atoms with Crippen molar-refractivity contribution in [3.8, 4) is 0 Å². The summed E-state index contributed by atoms with van der Waals surface area (Å²) in [6, 6.07) is 2.67. The summed E-state index contributed by atoms with van der Waals surface area (Å²) in [5.41, 5.74) is -0.292. The Morgan fingerprint density at radius 2 is 2.00 bits per heavy atom. The lowest BCUT2D eigenvalue weighted by molar-refractivity contribution is -0.389. The van der Waals surface area contributed by atoms with Crippen LogP contribution < -0.4 is 0 Å². The predicted molar refractivity (Wildman–Crippen MR) is 48.5 cm³/mol. The summed E-state index contributed by atoms with van der Waals surface area (Å²) in [6.45, 7) is 0. The molecule has 0 fully saturated rings. The van der Waals surface area contributed by atoms with Crippen molar-refractivity contribution in [3.63, 3.8) is 0 Å². The van der Waals surface area contributed by atoms with Gasteiger partial charge in [0.05, 0.1) is 4.92 Å². The maximum absolute atomic E-state index is 10.6. The van der Waals surface area contributed by atoms with E-state index in [1.54, 1.807) is 0 Å². The van der Waals surface area contributed by atoms with Crippen LogP contribution in [0.2, 0.25) is 0 Å². The molecule has 2 rings (SSSR count). The molecule has 0 aliphatic heterocycles. The van der Waals surface area contributed by atoms with Crippen LogP contribution in [-0.4, -0.2) is 19.2 Å². The molecule has 0 saturated heterocycles. The zero-order valence-corrected chi connectivity index (χ0v) is 7.23. The van der Waals surface area contributed by atoms with Gasteiger partial charge in [-0.1, -0.05) is 0 Å². The molecule has 15 heavy (non-hydrogen) atoms. The van der Waals surface area contributed by atoms with Gasteiger partial charge < -0.3 is 10.1 Å². The van der Waals surface area contributed by atoms with Gasteiger partial charge in [-0.3, -0.25) is 14.5 Å². The average Bonchev–Trinajstić information content (AvgIpc) is 2.60. The molecule has 76 valence electrons. The van der Waals surface area contributed by atoms with Crippen molar-refractivity contribution in [2.45, 2.75) is 0 Å². The molecule has 0 saturated carbocycles. The molecule has 0 aliphatic rings. The van der Waals surface area contributed by atoms with Crippen molar-refractivity contribution >= 4 is 17.2 Å². The van der Waals surface area contributed by atoms with Crippen LogP contribution >= 0.6 is 0 Å². The van der Waals surface area contributed by atoms with Gasteiger partial charge >= 0.3 is 17.2 Å². The molecule has 0 radical (unpaired) electrons. The number of pyridine rings is 1. The van der Waals surface area contributed by atoms with Gasteiger partial charge in [0.2, 0.25) is 0 Å². The summed E-state index contributed by atoms with van der Waals surface area (Å²) in [4.78, 5) is 23.2. The standard InChI is InChI=1S/C7H4N4O4/c12-10(13)5-2-1-3-9-4-6(11(14)15)8-7(5)9/h1-4H. The van der Waals surface area contributed by atoms with Crippen LogP contribution in [0.1, 0.15) is 0 Å². The molecule has 2 aromatic heterocycles. The quantitative estimate of drug-likeness (QED) is 0.543. The van der Waals surface area contributed by atoms with Crippen molar-refractivity contribution in [1.82, 2.24) is 9.38 Å². The van der Waals surface area contributed by atoms with Crippen molar-refractivity contribution in [1.29, 1.82) is 0 Å². The molecular weight excluding hydrogens is 204 g/mol. The van der Waals surface area contributed by atoms with Crippen LogP contribution in [0.15, 0.2) is 24.5 Å².